The predicted octanol–water partition coefficient (Wildman–Crippen LogP) is 4.36. The number of carbonyl (C=O) groups is 1. The van der Waals surface area contributed by atoms with Gasteiger partial charge >= 0.3 is 6.01 Å². The number of benzene rings is 2. The molecule has 146 valence electrons. The fourth-order valence-corrected chi connectivity index (χ4v) is 3.05. The van der Waals surface area contributed by atoms with E-state index in [0.29, 0.717) is 17.1 Å². The molecule has 0 radical (unpaired) electrons. The van der Waals surface area contributed by atoms with Gasteiger partial charge in [-0.1, -0.05) is 47.6 Å². The molecule has 2 aromatic heterocycles. The van der Waals surface area contributed by atoms with Crippen LogP contribution in [0, 0.1) is 0 Å². The standard InChI is InChI=1S/C22H21N5O2/c1-15(2)27-19(12-13-23-27)21-25-26-22(29-21)24-20(28)18-10-8-17(9-11-18)14-16-6-4-3-5-7-16/h3-13,15H,14H2,1-2H3,(H,24,26,28). The summed E-state index contributed by atoms with van der Waals surface area (Å²) in [6.45, 7) is 4.02. The maximum Gasteiger partial charge on any atom is 0.322 e. The molecule has 0 saturated carbocycles. The Kier molecular flexibility index (Phi) is 5.20. The summed E-state index contributed by atoms with van der Waals surface area (Å²) in [5.74, 6) is 0.00790. The van der Waals surface area contributed by atoms with Crippen molar-refractivity contribution in [2.75, 3.05) is 5.32 Å². The summed E-state index contributed by atoms with van der Waals surface area (Å²) in [5.41, 5.74) is 3.59. The highest BCUT2D eigenvalue weighted by Crippen LogP contribution is 2.22. The molecule has 0 aliphatic rings. The van der Waals surface area contributed by atoms with Crippen molar-refractivity contribution in [1.29, 1.82) is 0 Å². The molecule has 0 saturated heterocycles. The lowest BCUT2D eigenvalue weighted by molar-refractivity contribution is 0.102. The van der Waals surface area contributed by atoms with Crippen molar-refractivity contribution in [3.8, 4) is 11.6 Å². The first kappa shape index (κ1) is 18.6. The molecule has 0 fully saturated rings. The molecule has 0 aliphatic carbocycles. The molecule has 0 spiro atoms. The molecule has 2 aromatic carbocycles. The van der Waals surface area contributed by atoms with Crippen molar-refractivity contribution in [2.24, 2.45) is 0 Å². The maximum absolute atomic E-state index is 12.5. The Morgan fingerprint density at radius 1 is 1.00 bits per heavy atom. The quantitative estimate of drug-likeness (QED) is 0.531. The highest BCUT2D eigenvalue weighted by Gasteiger charge is 2.17. The van der Waals surface area contributed by atoms with Crippen LogP contribution in [0.4, 0.5) is 6.01 Å². The van der Waals surface area contributed by atoms with Crippen LogP contribution in [0.2, 0.25) is 0 Å². The van der Waals surface area contributed by atoms with Gasteiger partial charge in [0.05, 0.1) is 0 Å². The van der Waals surface area contributed by atoms with Gasteiger partial charge in [-0.15, -0.1) is 5.10 Å². The average Bonchev–Trinajstić information content (AvgIpc) is 3.38. The van der Waals surface area contributed by atoms with E-state index in [1.54, 1.807) is 29.1 Å². The lowest BCUT2D eigenvalue weighted by Gasteiger charge is -2.07. The number of hydrogen-bond donors (Lipinski definition) is 1. The fourth-order valence-electron chi connectivity index (χ4n) is 3.05. The molecule has 29 heavy (non-hydrogen) atoms. The van der Waals surface area contributed by atoms with Crippen LogP contribution < -0.4 is 5.32 Å². The Hall–Kier alpha value is -3.74. The Morgan fingerprint density at radius 3 is 2.45 bits per heavy atom. The second-order valence-electron chi connectivity index (χ2n) is 6.98. The van der Waals surface area contributed by atoms with Crippen LogP contribution in [0.5, 0.6) is 0 Å². The van der Waals surface area contributed by atoms with E-state index in [-0.39, 0.29) is 18.0 Å². The third kappa shape index (κ3) is 4.24. The van der Waals surface area contributed by atoms with Gasteiger partial charge in [0.25, 0.3) is 11.8 Å². The molecule has 0 unspecified atom stereocenters. The van der Waals surface area contributed by atoms with Crippen LogP contribution in [0.25, 0.3) is 11.6 Å². The topological polar surface area (TPSA) is 85.8 Å². The van der Waals surface area contributed by atoms with E-state index in [9.17, 15) is 4.79 Å². The predicted molar refractivity (Wildman–Crippen MR) is 110 cm³/mol. The molecule has 0 atom stereocenters. The second-order valence-corrected chi connectivity index (χ2v) is 6.98. The van der Waals surface area contributed by atoms with Crippen LogP contribution in [-0.4, -0.2) is 25.9 Å². The van der Waals surface area contributed by atoms with Gasteiger partial charge in [-0.3, -0.25) is 14.8 Å². The summed E-state index contributed by atoms with van der Waals surface area (Å²) in [6, 6.07) is 19.7. The van der Waals surface area contributed by atoms with E-state index in [4.69, 9.17) is 4.42 Å². The summed E-state index contributed by atoms with van der Waals surface area (Å²) in [4.78, 5) is 12.5. The highest BCUT2D eigenvalue weighted by molar-refractivity contribution is 6.03. The van der Waals surface area contributed by atoms with E-state index >= 15 is 0 Å². The van der Waals surface area contributed by atoms with Crippen LogP contribution in [0.15, 0.2) is 71.3 Å². The largest absolute Gasteiger partial charge is 0.401 e. The maximum atomic E-state index is 12.5. The molecule has 7 heteroatoms. The lowest BCUT2D eigenvalue weighted by Crippen LogP contribution is -2.12. The van der Waals surface area contributed by atoms with Crippen LogP contribution >= 0.6 is 0 Å². The molecule has 7 nitrogen and oxygen atoms in total. The van der Waals surface area contributed by atoms with E-state index < -0.39 is 0 Å². The minimum absolute atomic E-state index is 0.0508. The molecule has 0 aliphatic heterocycles. The number of nitrogens with zero attached hydrogens (tertiary/aromatic N) is 4. The highest BCUT2D eigenvalue weighted by atomic mass is 16.4. The van der Waals surface area contributed by atoms with E-state index in [0.717, 1.165) is 12.0 Å². The van der Waals surface area contributed by atoms with Gasteiger partial charge in [-0.2, -0.15) is 5.10 Å². The van der Waals surface area contributed by atoms with Crippen molar-refractivity contribution in [3.63, 3.8) is 0 Å². The van der Waals surface area contributed by atoms with Crippen molar-refractivity contribution >= 4 is 11.9 Å². The third-order valence-electron chi connectivity index (χ3n) is 4.49. The molecular weight excluding hydrogens is 366 g/mol. The number of aromatic nitrogens is 4. The van der Waals surface area contributed by atoms with Gasteiger partial charge in [0.2, 0.25) is 0 Å². The summed E-state index contributed by atoms with van der Waals surface area (Å²) >= 11 is 0. The zero-order valence-corrected chi connectivity index (χ0v) is 16.2. The minimum atomic E-state index is -0.302. The number of rotatable bonds is 6. The summed E-state index contributed by atoms with van der Waals surface area (Å²) in [7, 11) is 0. The average molecular weight is 387 g/mol. The summed E-state index contributed by atoms with van der Waals surface area (Å²) in [5, 5.41) is 14.8. The van der Waals surface area contributed by atoms with Gasteiger partial charge in [0.1, 0.15) is 5.69 Å². The SMILES string of the molecule is CC(C)n1nccc1-c1nnc(NC(=O)c2ccc(Cc3ccccc3)cc2)o1. The van der Waals surface area contributed by atoms with Gasteiger partial charge < -0.3 is 4.42 Å². The first-order valence-electron chi connectivity index (χ1n) is 9.42. The molecule has 4 rings (SSSR count). The summed E-state index contributed by atoms with van der Waals surface area (Å²) in [6.07, 6.45) is 2.49. The van der Waals surface area contributed by atoms with Gasteiger partial charge in [-0.05, 0) is 49.6 Å². The van der Waals surface area contributed by atoms with Crippen molar-refractivity contribution in [3.05, 3.63) is 83.6 Å². The van der Waals surface area contributed by atoms with Gasteiger partial charge in [0.15, 0.2) is 0 Å². The zero-order chi connectivity index (χ0) is 20.2. The van der Waals surface area contributed by atoms with Crippen molar-refractivity contribution in [2.45, 2.75) is 26.3 Å². The van der Waals surface area contributed by atoms with Crippen LogP contribution in [0.1, 0.15) is 41.4 Å². The number of carbonyl (C=O) groups excluding carboxylic acids is 1. The number of anilines is 1. The Labute approximate surface area is 168 Å². The first-order chi connectivity index (χ1) is 14.1. The van der Waals surface area contributed by atoms with Gasteiger partial charge in [-0.25, -0.2) is 0 Å². The monoisotopic (exact) mass is 387 g/mol. The zero-order valence-electron chi connectivity index (χ0n) is 16.2. The first-order valence-corrected chi connectivity index (χ1v) is 9.42. The normalized spacial score (nSPS) is 11.0. The Morgan fingerprint density at radius 2 is 1.72 bits per heavy atom. The fraction of sp³-hybridized carbons (Fsp3) is 0.182. The smallest absolute Gasteiger partial charge is 0.322 e. The molecule has 1 amide bonds. The Balaban J connectivity index is 1.43. The van der Waals surface area contributed by atoms with Gasteiger partial charge in [0, 0.05) is 17.8 Å². The number of amides is 1. The van der Waals surface area contributed by atoms with Crippen LogP contribution in [0.3, 0.4) is 0 Å². The van der Waals surface area contributed by atoms with E-state index in [2.05, 4.69) is 32.7 Å². The van der Waals surface area contributed by atoms with E-state index in [1.807, 2.05) is 44.2 Å². The molecule has 4 aromatic rings. The Bertz CT molecular complexity index is 1100. The van der Waals surface area contributed by atoms with Crippen molar-refractivity contribution in [1.82, 2.24) is 20.0 Å². The molecular formula is C22H21N5O2. The lowest BCUT2D eigenvalue weighted by atomic mass is 10.0. The molecule has 2 heterocycles. The molecule has 0 bridgehead atoms. The summed E-state index contributed by atoms with van der Waals surface area (Å²) < 4.78 is 7.38. The minimum Gasteiger partial charge on any atom is -0.401 e. The second kappa shape index (κ2) is 8.10. The van der Waals surface area contributed by atoms with Crippen LogP contribution in [-0.2, 0) is 6.42 Å². The third-order valence-corrected chi connectivity index (χ3v) is 4.49. The number of hydrogen-bond acceptors (Lipinski definition) is 5. The molecule has 1 N–H and O–H groups in total. The van der Waals surface area contributed by atoms with E-state index in [1.165, 1.54) is 5.56 Å². The van der Waals surface area contributed by atoms with Crippen molar-refractivity contribution < 1.29 is 9.21 Å². The number of nitrogens with one attached hydrogen (secondary N) is 1.